The van der Waals surface area contributed by atoms with Crippen molar-refractivity contribution in [3.63, 3.8) is 0 Å². The molecule has 0 heterocycles. The van der Waals surface area contributed by atoms with E-state index in [1.54, 1.807) is 32.4 Å². The predicted molar refractivity (Wildman–Crippen MR) is 144 cm³/mol. The van der Waals surface area contributed by atoms with Gasteiger partial charge in [-0.05, 0) is 36.3 Å². The second kappa shape index (κ2) is 14.2. The quantitative estimate of drug-likeness (QED) is 0.156. The largest absolute Gasteiger partial charge is 0.496 e. The smallest absolute Gasteiger partial charge is 0.248 e. The Kier molecular flexibility index (Phi) is 11.0. The molecule has 192 valence electrons. The van der Waals surface area contributed by atoms with Crippen LogP contribution in [0.3, 0.4) is 0 Å². The van der Waals surface area contributed by atoms with Gasteiger partial charge in [-0.15, -0.1) is 0 Å². The number of hydrogen-bond acceptors (Lipinski definition) is 7. The van der Waals surface area contributed by atoms with E-state index in [2.05, 4.69) is 17.2 Å². The molecule has 8 heteroatoms. The summed E-state index contributed by atoms with van der Waals surface area (Å²) in [7, 11) is 6.23. The lowest BCUT2D eigenvalue weighted by atomic mass is 10.1. The second-order valence-electron chi connectivity index (χ2n) is 7.59. The van der Waals surface area contributed by atoms with Crippen molar-refractivity contribution in [3.05, 3.63) is 95.3 Å². The van der Waals surface area contributed by atoms with Crippen LogP contribution in [-0.4, -0.2) is 34.3 Å². The van der Waals surface area contributed by atoms with E-state index in [1.807, 2.05) is 43.3 Å². The molecular weight excluding hydrogens is 458 g/mol. The van der Waals surface area contributed by atoms with E-state index >= 15 is 0 Å². The summed E-state index contributed by atoms with van der Waals surface area (Å²) in [4.78, 5) is 12.3. The van der Waals surface area contributed by atoms with Gasteiger partial charge in [-0.2, -0.15) is 0 Å². The van der Waals surface area contributed by atoms with Crippen LogP contribution < -0.4 is 21.1 Å². The van der Waals surface area contributed by atoms with Gasteiger partial charge in [0.25, 0.3) is 0 Å². The molecular formula is C28H35N3O5. The van der Waals surface area contributed by atoms with Crippen LogP contribution in [0.4, 0.5) is 11.4 Å². The minimum atomic E-state index is -0.274. The summed E-state index contributed by atoms with van der Waals surface area (Å²) in [6.45, 7) is 6.38. The second-order valence-corrected chi connectivity index (χ2v) is 7.59. The third kappa shape index (κ3) is 7.87. The minimum absolute atomic E-state index is 0.274. The highest BCUT2D eigenvalue weighted by molar-refractivity contribution is 6.03. The lowest BCUT2D eigenvalue weighted by Crippen LogP contribution is -2.14. The molecule has 0 saturated carbocycles. The number of para-hydroxylation sites is 2. The monoisotopic (exact) mass is 493 g/mol. The molecule has 4 N–H and O–H groups in total. The maximum atomic E-state index is 12.3. The van der Waals surface area contributed by atoms with E-state index < -0.39 is 0 Å². The fourth-order valence-electron chi connectivity index (χ4n) is 3.27. The normalized spacial score (nSPS) is 12.0. The number of hydrogen-bond donors (Lipinski definition) is 3. The van der Waals surface area contributed by atoms with Gasteiger partial charge in [-0.3, -0.25) is 4.79 Å². The number of carbonyl (C=O) groups excluding carboxylic acids is 1. The van der Waals surface area contributed by atoms with Gasteiger partial charge in [-0.25, -0.2) is 0 Å². The average molecular weight is 494 g/mol. The first-order valence-electron chi connectivity index (χ1n) is 11.4. The summed E-state index contributed by atoms with van der Waals surface area (Å²) in [5.41, 5.74) is 9.65. The number of benzene rings is 2. The molecule has 8 nitrogen and oxygen atoms in total. The fourth-order valence-corrected chi connectivity index (χ4v) is 3.27. The number of anilines is 2. The number of nitrogen functional groups attached to an aromatic ring is 1. The van der Waals surface area contributed by atoms with E-state index in [1.165, 1.54) is 20.3 Å². The molecule has 2 aromatic rings. The predicted octanol–water partition coefficient (Wildman–Crippen LogP) is 4.98. The molecule has 0 saturated heterocycles. The third-order valence-corrected chi connectivity index (χ3v) is 5.30. The van der Waals surface area contributed by atoms with Crippen molar-refractivity contribution < 1.29 is 23.7 Å². The number of ether oxygens (including phenoxy) is 4. The summed E-state index contributed by atoms with van der Waals surface area (Å²) in [5, 5.41) is 6.18. The molecule has 0 bridgehead atoms. The molecule has 0 radical (unpaired) electrons. The van der Waals surface area contributed by atoms with E-state index in [0.29, 0.717) is 40.9 Å². The highest BCUT2D eigenvalue weighted by atomic mass is 16.5. The van der Waals surface area contributed by atoms with Crippen molar-refractivity contribution in [3.8, 4) is 5.75 Å². The van der Waals surface area contributed by atoms with Gasteiger partial charge in [0, 0.05) is 30.0 Å². The summed E-state index contributed by atoms with van der Waals surface area (Å²) in [6.07, 6.45) is 5.76. The zero-order valence-electron chi connectivity index (χ0n) is 21.5. The molecule has 0 unspecified atom stereocenters. The molecule has 0 spiro atoms. The van der Waals surface area contributed by atoms with Crippen molar-refractivity contribution >= 4 is 23.4 Å². The van der Waals surface area contributed by atoms with Crippen LogP contribution in [0.1, 0.15) is 24.5 Å². The first-order chi connectivity index (χ1) is 17.4. The molecule has 2 rings (SSSR count). The SMILES string of the molecule is C=C(OC)/C(OC)=C(\C=C(/CC)NCc1ccc(/C=C/C(=O)Nc2ccccc2N)cc1OC)OC. The van der Waals surface area contributed by atoms with Crippen molar-refractivity contribution in [2.45, 2.75) is 19.9 Å². The van der Waals surface area contributed by atoms with Crippen LogP contribution in [0, 0.1) is 0 Å². The molecule has 0 atom stereocenters. The lowest BCUT2D eigenvalue weighted by Gasteiger charge is -2.15. The first kappa shape index (κ1) is 27.9. The topological polar surface area (TPSA) is 104 Å². The van der Waals surface area contributed by atoms with E-state index in [4.69, 9.17) is 24.7 Å². The van der Waals surface area contributed by atoms with E-state index in [-0.39, 0.29) is 5.91 Å². The first-order valence-corrected chi connectivity index (χ1v) is 11.4. The molecule has 0 fully saturated rings. The van der Waals surface area contributed by atoms with Crippen LogP contribution in [0.25, 0.3) is 6.08 Å². The molecule has 1 amide bonds. The van der Waals surface area contributed by atoms with Crippen LogP contribution in [-0.2, 0) is 25.5 Å². The van der Waals surface area contributed by atoms with Crippen LogP contribution in [0.2, 0.25) is 0 Å². The fraction of sp³-hybridized carbons (Fsp3) is 0.250. The van der Waals surface area contributed by atoms with Crippen LogP contribution >= 0.6 is 0 Å². The number of methoxy groups -OCH3 is 4. The van der Waals surface area contributed by atoms with E-state index in [0.717, 1.165) is 23.2 Å². The van der Waals surface area contributed by atoms with Crippen molar-refractivity contribution in [1.82, 2.24) is 5.32 Å². The Bertz CT molecular complexity index is 1150. The van der Waals surface area contributed by atoms with Gasteiger partial charge in [-0.1, -0.05) is 37.8 Å². The number of carbonyl (C=O) groups is 1. The van der Waals surface area contributed by atoms with Gasteiger partial charge < -0.3 is 35.3 Å². The Morgan fingerprint density at radius 3 is 2.42 bits per heavy atom. The van der Waals surface area contributed by atoms with Crippen molar-refractivity contribution in [2.75, 3.05) is 39.5 Å². The average Bonchev–Trinajstić information content (AvgIpc) is 2.90. The molecule has 0 aliphatic heterocycles. The molecule has 0 aliphatic rings. The van der Waals surface area contributed by atoms with Gasteiger partial charge in [0.1, 0.15) is 5.75 Å². The maximum absolute atomic E-state index is 12.3. The van der Waals surface area contributed by atoms with E-state index in [9.17, 15) is 4.79 Å². The zero-order valence-corrected chi connectivity index (χ0v) is 21.5. The molecule has 36 heavy (non-hydrogen) atoms. The van der Waals surface area contributed by atoms with Crippen molar-refractivity contribution in [1.29, 1.82) is 0 Å². The molecule has 0 aliphatic carbocycles. The lowest BCUT2D eigenvalue weighted by molar-refractivity contribution is -0.111. The Balaban J connectivity index is 2.14. The highest BCUT2D eigenvalue weighted by Crippen LogP contribution is 2.23. The highest BCUT2D eigenvalue weighted by Gasteiger charge is 2.12. The standard InChI is InChI=1S/C28H35N3O5/c1-7-22(17-26(35-5)28(36-6)19(2)33-3)30-18-21-14-12-20(16-25(21)34-4)13-15-27(32)31-24-11-9-8-10-23(24)29/h8-17,30H,2,7,18,29H2,1,3-6H3,(H,31,32)/b15-13+,22-17+,28-26-. The van der Waals surface area contributed by atoms with Gasteiger partial charge in [0.05, 0.1) is 39.8 Å². The van der Waals surface area contributed by atoms with Gasteiger partial charge in [0.2, 0.25) is 11.7 Å². The van der Waals surface area contributed by atoms with Crippen LogP contribution in [0.15, 0.2) is 84.2 Å². The minimum Gasteiger partial charge on any atom is -0.496 e. The number of allylic oxidation sites excluding steroid dienone is 2. The number of nitrogens with two attached hydrogens (primary N) is 1. The molecule has 2 aromatic carbocycles. The number of rotatable bonds is 13. The van der Waals surface area contributed by atoms with Gasteiger partial charge >= 0.3 is 0 Å². The maximum Gasteiger partial charge on any atom is 0.248 e. The Morgan fingerprint density at radius 2 is 1.81 bits per heavy atom. The summed E-state index contributed by atoms with van der Waals surface area (Å²) in [5.74, 6) is 1.70. The summed E-state index contributed by atoms with van der Waals surface area (Å²) < 4.78 is 21.6. The Labute approximate surface area is 213 Å². The zero-order chi connectivity index (χ0) is 26.5. The molecule has 0 aromatic heterocycles. The number of amides is 1. The Morgan fingerprint density at radius 1 is 1.06 bits per heavy atom. The third-order valence-electron chi connectivity index (χ3n) is 5.30. The summed E-state index contributed by atoms with van der Waals surface area (Å²) >= 11 is 0. The van der Waals surface area contributed by atoms with Crippen molar-refractivity contribution in [2.24, 2.45) is 0 Å². The Hall–Kier alpha value is -4.33. The van der Waals surface area contributed by atoms with Crippen LogP contribution in [0.5, 0.6) is 5.75 Å². The number of nitrogens with one attached hydrogen (secondary N) is 2. The van der Waals surface area contributed by atoms with Gasteiger partial charge in [0.15, 0.2) is 11.5 Å². The summed E-state index contributed by atoms with van der Waals surface area (Å²) in [6, 6.07) is 12.8.